The lowest BCUT2D eigenvalue weighted by atomic mass is 10.0. The van der Waals surface area contributed by atoms with Crippen molar-refractivity contribution in [3.8, 4) is 5.75 Å². The van der Waals surface area contributed by atoms with E-state index in [-0.39, 0.29) is 17.9 Å². The van der Waals surface area contributed by atoms with Gasteiger partial charge in [0.2, 0.25) is 5.91 Å². The highest BCUT2D eigenvalue weighted by molar-refractivity contribution is 6.05. The molecule has 7 heteroatoms. The van der Waals surface area contributed by atoms with E-state index >= 15 is 0 Å². The Labute approximate surface area is 182 Å². The zero-order valence-corrected chi connectivity index (χ0v) is 17.9. The maximum Gasteiger partial charge on any atom is 0.253 e. The Morgan fingerprint density at radius 2 is 1.84 bits per heavy atom. The average molecular weight is 424 g/mol. The lowest BCUT2D eigenvalue weighted by Gasteiger charge is -2.35. The van der Waals surface area contributed by atoms with Gasteiger partial charge in [0, 0.05) is 32.6 Å². The molecule has 1 N–H and O–H groups in total. The number of ether oxygens (including phenoxy) is 2. The summed E-state index contributed by atoms with van der Waals surface area (Å²) >= 11 is 0. The van der Waals surface area contributed by atoms with E-state index in [1.807, 2.05) is 42.5 Å². The minimum atomic E-state index is -0.165. The normalized spacial score (nSPS) is 18.1. The van der Waals surface area contributed by atoms with Crippen molar-refractivity contribution in [1.29, 1.82) is 0 Å². The first-order valence-corrected chi connectivity index (χ1v) is 10.8. The highest BCUT2D eigenvalue weighted by Gasteiger charge is 2.27. The topological polar surface area (TPSA) is 71.1 Å². The Morgan fingerprint density at radius 1 is 1.10 bits per heavy atom. The maximum absolute atomic E-state index is 13.1. The number of benzene rings is 2. The molecule has 2 aromatic carbocycles. The highest BCUT2D eigenvalue weighted by atomic mass is 16.5. The van der Waals surface area contributed by atoms with Crippen molar-refractivity contribution < 1.29 is 19.1 Å². The summed E-state index contributed by atoms with van der Waals surface area (Å²) in [7, 11) is 1.65. The number of carbonyl (C=O) groups is 2. The molecule has 0 aromatic heterocycles. The second-order valence-electron chi connectivity index (χ2n) is 7.81. The van der Waals surface area contributed by atoms with Gasteiger partial charge in [-0.1, -0.05) is 24.3 Å². The van der Waals surface area contributed by atoms with Crippen LogP contribution in [0.2, 0.25) is 0 Å². The summed E-state index contributed by atoms with van der Waals surface area (Å²) in [5.41, 5.74) is 2.34. The summed E-state index contributed by atoms with van der Waals surface area (Å²) in [4.78, 5) is 29.4. The average Bonchev–Trinajstić information content (AvgIpc) is 3.26. The smallest absolute Gasteiger partial charge is 0.253 e. The van der Waals surface area contributed by atoms with E-state index in [0.717, 1.165) is 30.8 Å². The van der Waals surface area contributed by atoms with Gasteiger partial charge in [-0.2, -0.15) is 0 Å². The van der Waals surface area contributed by atoms with E-state index in [1.165, 1.54) is 0 Å². The van der Waals surface area contributed by atoms with E-state index in [1.54, 1.807) is 18.1 Å². The molecular formula is C24H29N3O4. The van der Waals surface area contributed by atoms with Gasteiger partial charge in [0.15, 0.2) is 0 Å². The molecule has 164 valence electrons. The molecule has 0 saturated carbocycles. The zero-order valence-electron chi connectivity index (χ0n) is 17.9. The van der Waals surface area contributed by atoms with Crippen molar-refractivity contribution in [1.82, 2.24) is 10.2 Å². The van der Waals surface area contributed by atoms with E-state index in [9.17, 15) is 9.59 Å². The number of carbonyl (C=O) groups excluding carboxylic acids is 2. The van der Waals surface area contributed by atoms with Crippen LogP contribution in [0.25, 0.3) is 0 Å². The summed E-state index contributed by atoms with van der Waals surface area (Å²) in [5.74, 6) is 0.712. The van der Waals surface area contributed by atoms with Gasteiger partial charge < -0.3 is 19.7 Å². The number of rotatable bonds is 7. The van der Waals surface area contributed by atoms with E-state index in [2.05, 4.69) is 10.2 Å². The molecule has 2 fully saturated rings. The molecular weight excluding hydrogens is 394 g/mol. The molecule has 0 unspecified atom stereocenters. The number of anilines is 1. The monoisotopic (exact) mass is 423 g/mol. The second kappa shape index (κ2) is 9.94. The van der Waals surface area contributed by atoms with Gasteiger partial charge >= 0.3 is 0 Å². The summed E-state index contributed by atoms with van der Waals surface area (Å²) in [6, 6.07) is 15.3. The van der Waals surface area contributed by atoms with Crippen LogP contribution in [0.15, 0.2) is 48.5 Å². The van der Waals surface area contributed by atoms with Gasteiger partial charge in [0.1, 0.15) is 5.75 Å². The maximum atomic E-state index is 13.1. The fourth-order valence-corrected chi connectivity index (χ4v) is 4.26. The summed E-state index contributed by atoms with van der Waals surface area (Å²) in [5, 5.41) is 3.11. The van der Waals surface area contributed by atoms with E-state index in [0.29, 0.717) is 44.0 Å². The minimum Gasteiger partial charge on any atom is -0.497 e. The summed E-state index contributed by atoms with van der Waals surface area (Å²) in [6.07, 6.45) is 1.36. The number of hydrogen-bond donors (Lipinski definition) is 1. The number of amides is 2. The van der Waals surface area contributed by atoms with Gasteiger partial charge in [-0.25, -0.2) is 0 Å². The van der Waals surface area contributed by atoms with Crippen LogP contribution in [0.4, 0.5) is 5.69 Å². The largest absolute Gasteiger partial charge is 0.497 e. The number of hydrogen-bond acceptors (Lipinski definition) is 5. The first-order valence-electron chi connectivity index (χ1n) is 10.8. The SMILES string of the molecule is COc1ccc([C@@H](CNC(=O)c2ccccc2N2CCCC2=O)N2CCOCC2)cc1. The molecule has 0 aliphatic carbocycles. The van der Waals surface area contributed by atoms with Crippen molar-refractivity contribution in [2.45, 2.75) is 18.9 Å². The first-order chi connectivity index (χ1) is 15.2. The number of morpholine rings is 1. The number of nitrogens with zero attached hydrogens (tertiary/aromatic N) is 2. The van der Waals surface area contributed by atoms with Crippen LogP contribution in [0.1, 0.15) is 34.8 Å². The lowest BCUT2D eigenvalue weighted by molar-refractivity contribution is -0.117. The summed E-state index contributed by atoms with van der Waals surface area (Å²) in [6.45, 7) is 4.11. The van der Waals surface area contributed by atoms with Crippen molar-refractivity contribution in [2.24, 2.45) is 0 Å². The predicted molar refractivity (Wildman–Crippen MR) is 118 cm³/mol. The first kappa shape index (κ1) is 21.3. The Kier molecular flexibility index (Phi) is 6.84. The van der Waals surface area contributed by atoms with Gasteiger partial charge in [-0.15, -0.1) is 0 Å². The number of para-hydroxylation sites is 1. The molecule has 4 rings (SSSR count). The highest BCUT2D eigenvalue weighted by Crippen LogP contribution is 2.27. The molecule has 2 aromatic rings. The van der Waals surface area contributed by atoms with Crippen molar-refractivity contribution >= 4 is 17.5 Å². The van der Waals surface area contributed by atoms with Crippen LogP contribution >= 0.6 is 0 Å². The van der Waals surface area contributed by atoms with Crippen LogP contribution in [-0.2, 0) is 9.53 Å². The molecule has 0 radical (unpaired) electrons. The van der Waals surface area contributed by atoms with E-state index < -0.39 is 0 Å². The van der Waals surface area contributed by atoms with Crippen molar-refractivity contribution in [3.05, 3.63) is 59.7 Å². The van der Waals surface area contributed by atoms with Crippen molar-refractivity contribution in [3.63, 3.8) is 0 Å². The fraction of sp³-hybridized carbons (Fsp3) is 0.417. The Balaban J connectivity index is 1.51. The molecule has 2 aliphatic rings. The minimum absolute atomic E-state index is 0.0272. The third-order valence-electron chi connectivity index (χ3n) is 5.96. The molecule has 7 nitrogen and oxygen atoms in total. The quantitative estimate of drug-likeness (QED) is 0.741. The Morgan fingerprint density at radius 3 is 2.52 bits per heavy atom. The number of nitrogens with one attached hydrogen (secondary N) is 1. The van der Waals surface area contributed by atoms with Gasteiger partial charge in [-0.05, 0) is 36.2 Å². The van der Waals surface area contributed by atoms with Crippen molar-refractivity contribution in [2.75, 3.05) is 51.4 Å². The van der Waals surface area contributed by atoms with Crippen LogP contribution < -0.4 is 15.0 Å². The molecule has 2 heterocycles. The fourth-order valence-electron chi connectivity index (χ4n) is 4.26. The second-order valence-corrected chi connectivity index (χ2v) is 7.81. The van der Waals surface area contributed by atoms with E-state index in [4.69, 9.17) is 9.47 Å². The predicted octanol–water partition coefficient (Wildman–Crippen LogP) is 2.63. The molecule has 1 atom stereocenters. The molecule has 2 amide bonds. The van der Waals surface area contributed by atoms with Crippen LogP contribution in [0.3, 0.4) is 0 Å². The van der Waals surface area contributed by atoms with Gasteiger partial charge in [0.05, 0.1) is 37.6 Å². The molecule has 2 aliphatic heterocycles. The van der Waals surface area contributed by atoms with Crippen LogP contribution in [0, 0.1) is 0 Å². The molecule has 0 bridgehead atoms. The van der Waals surface area contributed by atoms with Crippen LogP contribution in [0.5, 0.6) is 5.75 Å². The Hall–Kier alpha value is -2.90. The Bertz CT molecular complexity index is 909. The summed E-state index contributed by atoms with van der Waals surface area (Å²) < 4.78 is 10.8. The standard InChI is InChI=1S/C24H29N3O4/c1-30-19-10-8-18(9-11-19)22(26-13-15-31-16-14-26)17-25-24(29)20-5-2-3-6-21(20)27-12-4-7-23(27)28/h2-3,5-6,8-11,22H,4,7,12-17H2,1H3,(H,25,29)/t22-/m1/s1. The van der Waals surface area contributed by atoms with Crippen LogP contribution in [-0.4, -0.2) is 63.2 Å². The molecule has 2 saturated heterocycles. The lowest BCUT2D eigenvalue weighted by Crippen LogP contribution is -2.44. The third-order valence-corrected chi connectivity index (χ3v) is 5.96. The molecule has 31 heavy (non-hydrogen) atoms. The van der Waals surface area contributed by atoms with Gasteiger partial charge in [0.25, 0.3) is 5.91 Å². The van der Waals surface area contributed by atoms with Gasteiger partial charge in [-0.3, -0.25) is 14.5 Å². The molecule has 0 spiro atoms. The number of methoxy groups -OCH3 is 1. The third kappa shape index (κ3) is 4.89. The zero-order chi connectivity index (χ0) is 21.6.